The number of furan rings is 1. The number of carbonyl (C=O) groups excluding carboxylic acids is 3. The van der Waals surface area contributed by atoms with Crippen LogP contribution in [0.15, 0.2) is 59.4 Å². The Labute approximate surface area is 429 Å². The molecule has 6 aliphatic heterocycles. The van der Waals surface area contributed by atoms with Gasteiger partial charge in [0.15, 0.2) is 17.5 Å². The average Bonchev–Trinajstić information content (AvgIpc) is 3.61. The van der Waals surface area contributed by atoms with Crippen LogP contribution in [-0.4, -0.2) is 106 Å². The van der Waals surface area contributed by atoms with Gasteiger partial charge in [0.2, 0.25) is 0 Å². The number of ether oxygens (including phenoxy) is 4. The Morgan fingerprint density at radius 1 is 1.00 bits per heavy atom. The molecule has 13 rings (SSSR count). The normalized spacial score (nSPS) is 46.5. The van der Waals surface area contributed by atoms with Crippen LogP contribution in [-0.2, 0) is 51.8 Å². The molecule has 2 aromatic rings. The molecular weight excluding hydrogens is 925 g/mol. The number of nitrogens with zero attached hydrogens (tertiary/aromatic N) is 1. The molecule has 392 valence electrons. The number of fused-ring (bicyclic) bond motifs is 4. The van der Waals surface area contributed by atoms with Crippen LogP contribution in [0.1, 0.15) is 122 Å². The first-order valence-corrected chi connectivity index (χ1v) is 28.1. The summed E-state index contributed by atoms with van der Waals surface area (Å²) in [6.45, 7) is 9.92. The molecule has 73 heavy (non-hydrogen) atoms. The minimum Gasteiger partial charge on any atom is -0.469 e. The molecule has 1 aromatic heterocycles. The number of Topliss-reactive ketones (excluding diaryl/α,β-unsaturated/α-hetero) is 1. The van der Waals surface area contributed by atoms with Crippen LogP contribution >= 0.6 is 0 Å². The van der Waals surface area contributed by atoms with Gasteiger partial charge in [0, 0.05) is 46.7 Å². The Hall–Kier alpha value is -4.03. The van der Waals surface area contributed by atoms with Crippen molar-refractivity contribution in [1.82, 2.24) is 10.2 Å². The van der Waals surface area contributed by atoms with Gasteiger partial charge in [-0.2, -0.15) is 0 Å². The van der Waals surface area contributed by atoms with Gasteiger partial charge in [-0.05, 0) is 143 Å². The molecule has 0 radical (unpaired) electrons. The number of cyclic esters (lactones) is 1. The lowest BCUT2D eigenvalue weighted by atomic mass is 9.31. The molecule has 0 amide bonds. The lowest BCUT2D eigenvalue weighted by Crippen LogP contribution is -2.81. The van der Waals surface area contributed by atoms with Gasteiger partial charge in [-0.25, -0.2) is 4.79 Å². The zero-order valence-corrected chi connectivity index (χ0v) is 43.1. The molecule has 11 aliphatic rings. The van der Waals surface area contributed by atoms with E-state index >= 15 is 9.59 Å². The third-order valence-corrected chi connectivity index (χ3v) is 22.4. The standard InChI is InChI=1S/C60H76N2O11/c1-34(2)16-21-55(3)51-50(66)52(67)59-43-26-36(25-35-9-6-5-7-10-35)12-13-37(43)11-8-20-58(56(4,60(59)53(72-60)54(68)73-58)22-17-47(59)57(51)32-70-49(65)29-48(57)71-55)42-19-24-69-46(42)28-41(45(64)31-63)38-14-15-40-39(27-38)18-23-62-33-61-30-44(40)62/h5-7,9-10,18-19,23-24,34,36-41,43-45,47-48,51-53,61,63-64,67H,12-17,20-22,25-33H2,1-4H3/t36-,37-,38-,39-,40+,41+,43+,44-,45-,47-,48+,51-,52-,53-,55+,56+,57+,58+,59+,60-/m1/s1. The number of carbonyl (C=O) groups is 3. The molecule has 13 nitrogen and oxygen atoms in total. The van der Waals surface area contributed by atoms with E-state index in [4.69, 9.17) is 23.4 Å². The molecule has 4 saturated carbocycles. The van der Waals surface area contributed by atoms with E-state index in [0.717, 1.165) is 58.2 Å². The van der Waals surface area contributed by atoms with Crippen LogP contribution in [0.5, 0.6) is 0 Å². The smallest absolute Gasteiger partial charge is 0.339 e. The first-order valence-electron chi connectivity index (χ1n) is 28.1. The summed E-state index contributed by atoms with van der Waals surface area (Å²) in [5.74, 6) is 6.14. The number of hydrogen-bond acceptors (Lipinski definition) is 13. The number of allylic oxidation sites excluding steroid dienone is 1. The molecule has 5 aliphatic carbocycles. The van der Waals surface area contributed by atoms with Crippen molar-refractivity contribution in [2.75, 3.05) is 26.4 Å². The van der Waals surface area contributed by atoms with Gasteiger partial charge in [-0.15, -0.1) is 0 Å². The molecule has 4 N–H and O–H groups in total. The summed E-state index contributed by atoms with van der Waals surface area (Å²) in [6, 6.07) is 12.9. The Kier molecular flexibility index (Phi) is 11.5. The van der Waals surface area contributed by atoms with Crippen molar-refractivity contribution >= 4 is 17.7 Å². The third-order valence-electron chi connectivity index (χ3n) is 22.4. The van der Waals surface area contributed by atoms with Crippen LogP contribution in [0.3, 0.4) is 0 Å². The first-order chi connectivity index (χ1) is 35.2. The van der Waals surface area contributed by atoms with Gasteiger partial charge in [0.05, 0.1) is 56.1 Å². The fourth-order valence-electron chi connectivity index (χ4n) is 19.3. The molecule has 0 unspecified atom stereocenters. The molecule has 1 aromatic carbocycles. The zero-order chi connectivity index (χ0) is 50.5. The average molecular weight is 1000 g/mol. The minimum absolute atomic E-state index is 0.00292. The summed E-state index contributed by atoms with van der Waals surface area (Å²) < 4.78 is 34.4. The summed E-state index contributed by atoms with van der Waals surface area (Å²) in [6.07, 6.45) is 10.7. The Morgan fingerprint density at radius 2 is 1.84 bits per heavy atom. The van der Waals surface area contributed by atoms with Crippen LogP contribution in [0.2, 0.25) is 0 Å². The second-order valence-corrected chi connectivity index (χ2v) is 25.8. The maximum atomic E-state index is 16.3. The van der Waals surface area contributed by atoms with Crippen LogP contribution in [0.25, 0.3) is 0 Å². The predicted octanol–water partition coefficient (Wildman–Crippen LogP) is 6.64. The van der Waals surface area contributed by atoms with E-state index in [0.29, 0.717) is 67.2 Å². The van der Waals surface area contributed by atoms with Gasteiger partial charge < -0.3 is 43.6 Å². The topological polar surface area (TPSA) is 181 Å². The van der Waals surface area contributed by atoms with Gasteiger partial charge >= 0.3 is 11.9 Å². The summed E-state index contributed by atoms with van der Waals surface area (Å²) >= 11 is 0. The van der Waals surface area contributed by atoms with E-state index in [-0.39, 0.29) is 60.8 Å². The number of esters is 2. The Bertz CT molecular complexity index is 2620. The largest absolute Gasteiger partial charge is 0.469 e. The fourth-order valence-corrected chi connectivity index (χ4v) is 19.3. The van der Waals surface area contributed by atoms with E-state index in [1.807, 2.05) is 19.1 Å². The first kappa shape index (κ1) is 48.6. The molecule has 9 fully saturated rings. The molecule has 4 bridgehead atoms. The van der Waals surface area contributed by atoms with E-state index in [9.17, 15) is 20.1 Å². The lowest BCUT2D eigenvalue weighted by molar-refractivity contribution is -0.295. The predicted molar refractivity (Wildman–Crippen MR) is 266 cm³/mol. The monoisotopic (exact) mass is 1000 g/mol. The van der Waals surface area contributed by atoms with E-state index in [2.05, 4.69) is 79.4 Å². The van der Waals surface area contributed by atoms with Crippen LogP contribution in [0, 0.1) is 87.3 Å². The fraction of sp³-hybridized carbons (Fsp3) is 0.717. The van der Waals surface area contributed by atoms with Crippen molar-refractivity contribution in [1.29, 1.82) is 0 Å². The molecule has 5 saturated heterocycles. The number of epoxide rings is 1. The number of ketones is 1. The van der Waals surface area contributed by atoms with Crippen LogP contribution < -0.4 is 5.32 Å². The summed E-state index contributed by atoms with van der Waals surface area (Å²) in [7, 11) is 0. The number of aliphatic hydroxyl groups is 3. The van der Waals surface area contributed by atoms with Crippen molar-refractivity contribution in [2.24, 2.45) is 75.4 Å². The number of aliphatic hydroxyl groups excluding tert-OH is 3. The highest BCUT2D eigenvalue weighted by molar-refractivity contribution is 5.92. The highest BCUT2D eigenvalue weighted by Gasteiger charge is 2.95. The number of nitrogens with one attached hydrogen (secondary N) is 1. The summed E-state index contributed by atoms with van der Waals surface area (Å²) in [4.78, 5) is 47.7. The van der Waals surface area contributed by atoms with Crippen molar-refractivity contribution in [3.63, 3.8) is 0 Å². The highest BCUT2D eigenvalue weighted by atomic mass is 16.7. The molecule has 20 atom stereocenters. The Balaban J connectivity index is 0.958. The third kappa shape index (κ3) is 6.58. The van der Waals surface area contributed by atoms with E-state index in [1.165, 1.54) is 5.56 Å². The van der Waals surface area contributed by atoms with Gasteiger partial charge in [0.25, 0.3) is 0 Å². The van der Waals surface area contributed by atoms with Gasteiger partial charge in [-0.1, -0.05) is 69.0 Å². The number of benzene rings is 1. The molecular formula is C60H76N2O11. The minimum atomic E-state index is -1.55. The van der Waals surface area contributed by atoms with Gasteiger partial charge in [-0.3, -0.25) is 14.9 Å². The molecule has 3 spiro atoms. The summed E-state index contributed by atoms with van der Waals surface area (Å²) in [5, 5.41) is 40.1. The maximum Gasteiger partial charge on any atom is 0.339 e. The van der Waals surface area contributed by atoms with Crippen molar-refractivity contribution in [2.45, 2.75) is 165 Å². The number of hydrogen-bond donors (Lipinski definition) is 4. The quantitative estimate of drug-likeness (QED) is 0.107. The van der Waals surface area contributed by atoms with Crippen LogP contribution in [0.4, 0.5) is 0 Å². The van der Waals surface area contributed by atoms with Crippen molar-refractivity contribution < 1.29 is 53.1 Å². The van der Waals surface area contributed by atoms with Gasteiger partial charge in [0.1, 0.15) is 24.1 Å². The number of rotatable bonds is 11. The maximum absolute atomic E-state index is 16.3. The van der Waals surface area contributed by atoms with Crippen molar-refractivity contribution in [3.8, 4) is 11.8 Å². The van der Waals surface area contributed by atoms with E-state index in [1.54, 1.807) is 6.26 Å². The van der Waals surface area contributed by atoms with Crippen molar-refractivity contribution in [3.05, 3.63) is 71.8 Å². The lowest BCUT2D eigenvalue weighted by Gasteiger charge is -2.71. The Morgan fingerprint density at radius 3 is 2.64 bits per heavy atom. The second kappa shape index (κ2) is 17.2. The second-order valence-electron chi connectivity index (χ2n) is 25.8. The summed E-state index contributed by atoms with van der Waals surface area (Å²) in [5.41, 5.74) is -5.37. The molecule has 7 heterocycles. The van der Waals surface area contributed by atoms with E-state index < -0.39 is 81.9 Å². The highest BCUT2D eigenvalue weighted by Crippen LogP contribution is 2.84. The molecule has 13 heteroatoms. The SMILES string of the molecule is CC(C)CC[C@]1(C)O[C@H]2CC(=O)OC[C@]23[C@H]2CC[C@]4(C)[C@]56O[C@@H]5C(=O)O[C@]4(c4ccoc4C[C@@H]([C@@H]4CC[C@H]5[C@H](C=CN7CNC[C@H]57)C4)[C@H](O)CO)CC#C[C@@H]4CC[C@H](Cc5ccccc5)C[C@@H]4[C@@]26[C@H](O)C(=O)[C@@H]31. The zero-order valence-electron chi connectivity index (χ0n) is 43.1.